The number of rotatable bonds is 6. The molecule has 2 aliphatic rings. The van der Waals surface area contributed by atoms with Gasteiger partial charge in [-0.2, -0.15) is 4.31 Å². The van der Waals surface area contributed by atoms with Crippen LogP contribution in [-0.4, -0.2) is 61.7 Å². The maximum absolute atomic E-state index is 12.7. The molecule has 0 unspecified atom stereocenters. The summed E-state index contributed by atoms with van der Waals surface area (Å²) in [4.78, 5) is 25.8. The molecule has 1 aliphatic heterocycles. The van der Waals surface area contributed by atoms with Crippen LogP contribution >= 0.6 is 0 Å². The van der Waals surface area contributed by atoms with Crippen LogP contribution in [0.25, 0.3) is 0 Å². The van der Waals surface area contributed by atoms with Gasteiger partial charge in [0.2, 0.25) is 21.8 Å². The quantitative estimate of drug-likeness (QED) is 0.795. The third-order valence-corrected chi connectivity index (χ3v) is 6.67. The van der Waals surface area contributed by atoms with E-state index in [-0.39, 0.29) is 42.6 Å². The van der Waals surface area contributed by atoms with Crippen LogP contribution in [0.15, 0.2) is 29.2 Å². The van der Waals surface area contributed by atoms with Crippen molar-refractivity contribution in [2.45, 2.75) is 43.5 Å². The lowest BCUT2D eigenvalue weighted by molar-refractivity contribution is -0.134. The highest BCUT2D eigenvalue weighted by atomic mass is 32.2. The molecule has 3 rings (SSSR count). The van der Waals surface area contributed by atoms with Crippen molar-refractivity contribution in [1.82, 2.24) is 14.5 Å². The second-order valence-corrected chi connectivity index (χ2v) is 8.88. The Hall–Kier alpha value is -1.93. The van der Waals surface area contributed by atoms with Crippen molar-refractivity contribution in [2.75, 3.05) is 26.2 Å². The minimum absolute atomic E-state index is 0.0820. The second-order valence-electron chi connectivity index (χ2n) is 6.94. The van der Waals surface area contributed by atoms with E-state index in [1.54, 1.807) is 29.2 Å². The van der Waals surface area contributed by atoms with Gasteiger partial charge in [0, 0.05) is 45.1 Å². The number of nitrogens with one attached hydrogen (secondary N) is 1. The van der Waals surface area contributed by atoms with Crippen molar-refractivity contribution < 1.29 is 18.0 Å². The fourth-order valence-electron chi connectivity index (χ4n) is 2.94. The number of carbonyl (C=O) groups is 2. The predicted molar refractivity (Wildman–Crippen MR) is 96.9 cm³/mol. The normalized spacial score (nSPS) is 18.6. The fourth-order valence-corrected chi connectivity index (χ4v) is 4.37. The second kappa shape index (κ2) is 7.75. The monoisotopic (exact) mass is 379 g/mol. The molecule has 1 saturated heterocycles. The molecule has 1 heterocycles. The molecule has 0 aromatic heterocycles. The Morgan fingerprint density at radius 1 is 1.04 bits per heavy atom. The van der Waals surface area contributed by atoms with Crippen LogP contribution < -0.4 is 5.32 Å². The Balaban J connectivity index is 1.49. The summed E-state index contributed by atoms with van der Waals surface area (Å²) in [6, 6.07) is 7.08. The minimum Gasteiger partial charge on any atom is -0.353 e. The molecule has 1 N–H and O–H groups in total. The van der Waals surface area contributed by atoms with Crippen LogP contribution in [0.4, 0.5) is 0 Å². The van der Waals surface area contributed by atoms with E-state index in [1.807, 2.05) is 6.92 Å². The Bertz CT molecular complexity index is 764. The van der Waals surface area contributed by atoms with Gasteiger partial charge in [-0.05, 0) is 31.9 Å². The van der Waals surface area contributed by atoms with Crippen LogP contribution in [-0.2, 0) is 19.6 Å². The zero-order valence-electron chi connectivity index (χ0n) is 15.0. The summed E-state index contributed by atoms with van der Waals surface area (Å²) in [6.45, 7) is 3.17. The number of sulfonamides is 1. The first kappa shape index (κ1) is 18.8. The number of nitrogens with zero attached hydrogens (tertiary/aromatic N) is 2. The van der Waals surface area contributed by atoms with Crippen molar-refractivity contribution in [2.24, 2.45) is 0 Å². The van der Waals surface area contributed by atoms with Gasteiger partial charge < -0.3 is 10.2 Å². The van der Waals surface area contributed by atoms with Gasteiger partial charge in [-0.1, -0.05) is 17.7 Å². The van der Waals surface area contributed by atoms with E-state index < -0.39 is 10.0 Å². The van der Waals surface area contributed by atoms with E-state index in [4.69, 9.17) is 0 Å². The van der Waals surface area contributed by atoms with Gasteiger partial charge in [-0.15, -0.1) is 0 Å². The molecule has 7 nitrogen and oxygen atoms in total. The first-order valence-corrected chi connectivity index (χ1v) is 10.4. The Kier molecular flexibility index (Phi) is 5.62. The summed E-state index contributed by atoms with van der Waals surface area (Å²) < 4.78 is 26.8. The minimum atomic E-state index is -3.53. The molecule has 0 atom stereocenters. The number of aryl methyl sites for hydroxylation is 1. The van der Waals surface area contributed by atoms with Crippen LogP contribution in [0.2, 0.25) is 0 Å². The van der Waals surface area contributed by atoms with Crippen molar-refractivity contribution in [3.63, 3.8) is 0 Å². The smallest absolute Gasteiger partial charge is 0.243 e. The van der Waals surface area contributed by atoms with Gasteiger partial charge >= 0.3 is 0 Å². The maximum atomic E-state index is 12.7. The highest BCUT2D eigenvalue weighted by Crippen LogP contribution is 2.20. The lowest BCUT2D eigenvalue weighted by Gasteiger charge is -2.34. The van der Waals surface area contributed by atoms with Gasteiger partial charge in [0.25, 0.3) is 0 Å². The number of benzene rings is 1. The average Bonchev–Trinajstić information content (AvgIpc) is 3.44. The molecule has 1 aromatic rings. The molecule has 0 spiro atoms. The molecule has 1 aliphatic carbocycles. The van der Waals surface area contributed by atoms with Gasteiger partial charge in [0.1, 0.15) is 0 Å². The lowest BCUT2D eigenvalue weighted by Crippen LogP contribution is -2.50. The first-order valence-electron chi connectivity index (χ1n) is 9.00. The molecular formula is C18H25N3O4S. The molecule has 0 bridgehead atoms. The predicted octanol–water partition coefficient (Wildman–Crippen LogP) is 0.887. The number of amides is 2. The summed E-state index contributed by atoms with van der Waals surface area (Å²) in [5.74, 6) is -0.176. The molecule has 26 heavy (non-hydrogen) atoms. The number of hydrogen-bond acceptors (Lipinski definition) is 4. The van der Waals surface area contributed by atoms with Crippen LogP contribution in [0.1, 0.15) is 31.2 Å². The maximum Gasteiger partial charge on any atom is 0.243 e. The standard InChI is InChI=1S/C18H25N3O4S/c1-14-2-6-16(7-3-14)26(24,25)21-12-10-20(11-13-21)18(23)9-8-17(22)19-15-4-5-15/h2-3,6-7,15H,4-5,8-13H2,1H3,(H,19,22). The van der Waals surface area contributed by atoms with Crippen molar-refractivity contribution in [3.05, 3.63) is 29.8 Å². The van der Waals surface area contributed by atoms with Gasteiger partial charge in [0.15, 0.2) is 0 Å². The summed E-state index contributed by atoms with van der Waals surface area (Å²) in [7, 11) is -3.53. The van der Waals surface area contributed by atoms with Crippen LogP contribution in [0, 0.1) is 6.92 Å². The van der Waals surface area contributed by atoms with E-state index in [1.165, 1.54) is 4.31 Å². The third-order valence-electron chi connectivity index (χ3n) is 4.76. The molecule has 1 saturated carbocycles. The summed E-state index contributed by atoms with van der Waals surface area (Å²) in [5, 5.41) is 2.86. The molecule has 1 aromatic carbocycles. The zero-order valence-corrected chi connectivity index (χ0v) is 15.8. The Morgan fingerprint density at radius 2 is 1.65 bits per heavy atom. The summed E-state index contributed by atoms with van der Waals surface area (Å²) in [5.41, 5.74) is 1.00. The van der Waals surface area contributed by atoms with E-state index in [0.717, 1.165) is 18.4 Å². The van der Waals surface area contributed by atoms with Gasteiger partial charge in [0.05, 0.1) is 4.90 Å². The van der Waals surface area contributed by atoms with Gasteiger partial charge in [-0.25, -0.2) is 8.42 Å². The Morgan fingerprint density at radius 3 is 2.23 bits per heavy atom. The molecule has 2 fully saturated rings. The van der Waals surface area contributed by atoms with E-state index >= 15 is 0 Å². The summed E-state index contributed by atoms with van der Waals surface area (Å²) in [6.07, 6.45) is 2.41. The van der Waals surface area contributed by atoms with Crippen molar-refractivity contribution in [1.29, 1.82) is 0 Å². The number of hydrogen-bond donors (Lipinski definition) is 1. The van der Waals surface area contributed by atoms with E-state index in [2.05, 4.69) is 5.32 Å². The average molecular weight is 379 g/mol. The third kappa shape index (κ3) is 4.62. The lowest BCUT2D eigenvalue weighted by atomic mass is 10.2. The molecular weight excluding hydrogens is 354 g/mol. The highest BCUT2D eigenvalue weighted by molar-refractivity contribution is 7.89. The zero-order chi connectivity index (χ0) is 18.7. The van der Waals surface area contributed by atoms with Gasteiger partial charge in [-0.3, -0.25) is 9.59 Å². The summed E-state index contributed by atoms with van der Waals surface area (Å²) >= 11 is 0. The molecule has 0 radical (unpaired) electrons. The van der Waals surface area contributed by atoms with E-state index in [9.17, 15) is 18.0 Å². The Labute approximate surface area is 154 Å². The highest BCUT2D eigenvalue weighted by Gasteiger charge is 2.30. The SMILES string of the molecule is Cc1ccc(S(=O)(=O)N2CCN(C(=O)CCC(=O)NC3CC3)CC2)cc1. The fraction of sp³-hybridized carbons (Fsp3) is 0.556. The van der Waals surface area contributed by atoms with Crippen LogP contribution in [0.5, 0.6) is 0 Å². The van der Waals surface area contributed by atoms with Crippen molar-refractivity contribution >= 4 is 21.8 Å². The largest absolute Gasteiger partial charge is 0.353 e. The molecule has 2 amide bonds. The van der Waals surface area contributed by atoms with E-state index in [0.29, 0.717) is 19.1 Å². The number of carbonyl (C=O) groups excluding carboxylic acids is 2. The first-order chi connectivity index (χ1) is 12.4. The number of piperazine rings is 1. The van der Waals surface area contributed by atoms with Crippen LogP contribution in [0.3, 0.4) is 0 Å². The molecule has 8 heteroatoms. The molecule has 142 valence electrons. The van der Waals surface area contributed by atoms with Crippen molar-refractivity contribution in [3.8, 4) is 0 Å². The topological polar surface area (TPSA) is 86.8 Å².